The Morgan fingerprint density at radius 3 is 2.58 bits per heavy atom. The quantitative estimate of drug-likeness (QED) is 0.923. The van der Waals surface area contributed by atoms with Crippen molar-refractivity contribution < 1.29 is 9.59 Å². The molecule has 1 saturated heterocycles. The molecule has 0 unspecified atom stereocenters. The van der Waals surface area contributed by atoms with Crippen LogP contribution >= 0.6 is 11.6 Å². The molecule has 1 fully saturated rings. The number of amides is 2. The fraction of sp³-hybridized carbons (Fsp3) is 0.429. The van der Waals surface area contributed by atoms with E-state index in [0.717, 1.165) is 19.3 Å². The van der Waals surface area contributed by atoms with Gasteiger partial charge in [-0.05, 0) is 43.5 Å². The molecule has 1 aliphatic rings. The maximum atomic E-state index is 12.4. The van der Waals surface area contributed by atoms with Crippen LogP contribution < -0.4 is 5.73 Å². The van der Waals surface area contributed by atoms with Gasteiger partial charge in [-0.3, -0.25) is 9.59 Å². The van der Waals surface area contributed by atoms with E-state index in [1.54, 1.807) is 29.2 Å². The monoisotopic (exact) mass is 280 g/mol. The second-order valence-corrected chi connectivity index (χ2v) is 5.26. The summed E-state index contributed by atoms with van der Waals surface area (Å²) < 4.78 is 0. The van der Waals surface area contributed by atoms with Crippen molar-refractivity contribution in [3.05, 3.63) is 34.9 Å². The first-order valence-corrected chi connectivity index (χ1v) is 6.80. The smallest absolute Gasteiger partial charge is 0.254 e. The summed E-state index contributed by atoms with van der Waals surface area (Å²) >= 11 is 5.81. The van der Waals surface area contributed by atoms with E-state index in [-0.39, 0.29) is 24.3 Å². The van der Waals surface area contributed by atoms with Gasteiger partial charge in [-0.15, -0.1) is 0 Å². The number of hydrogen-bond donors (Lipinski definition) is 1. The van der Waals surface area contributed by atoms with Crippen molar-refractivity contribution in [1.82, 2.24) is 4.90 Å². The Balaban J connectivity index is 2.15. The van der Waals surface area contributed by atoms with Gasteiger partial charge >= 0.3 is 0 Å². The van der Waals surface area contributed by atoms with Crippen LogP contribution in [0.1, 0.15) is 36.0 Å². The van der Waals surface area contributed by atoms with Crippen LogP contribution in [0.4, 0.5) is 0 Å². The van der Waals surface area contributed by atoms with E-state index >= 15 is 0 Å². The molecule has 0 spiro atoms. The molecule has 1 atom stereocenters. The molecule has 0 radical (unpaired) electrons. The Morgan fingerprint density at radius 1 is 1.26 bits per heavy atom. The van der Waals surface area contributed by atoms with Crippen LogP contribution in [0.2, 0.25) is 5.02 Å². The molecule has 1 heterocycles. The zero-order chi connectivity index (χ0) is 13.8. The molecule has 1 aromatic rings. The number of nitrogens with zero attached hydrogens (tertiary/aromatic N) is 1. The highest BCUT2D eigenvalue weighted by Gasteiger charge is 2.28. The number of piperidine rings is 1. The minimum Gasteiger partial charge on any atom is -0.370 e. The van der Waals surface area contributed by atoms with E-state index in [0.29, 0.717) is 17.1 Å². The first kappa shape index (κ1) is 13.9. The van der Waals surface area contributed by atoms with Crippen molar-refractivity contribution in [3.8, 4) is 0 Å². The number of benzene rings is 1. The zero-order valence-electron chi connectivity index (χ0n) is 10.6. The minimum atomic E-state index is -0.360. The third-order valence-electron chi connectivity index (χ3n) is 3.42. The van der Waals surface area contributed by atoms with Gasteiger partial charge in [-0.25, -0.2) is 0 Å². The molecule has 4 nitrogen and oxygen atoms in total. The second kappa shape index (κ2) is 6.06. The molecule has 1 aliphatic heterocycles. The number of rotatable bonds is 3. The Morgan fingerprint density at radius 2 is 1.95 bits per heavy atom. The average molecular weight is 281 g/mol. The predicted octanol–water partition coefficient (Wildman–Crippen LogP) is 2.21. The van der Waals surface area contributed by atoms with Crippen LogP contribution in [-0.2, 0) is 4.79 Å². The molecule has 1 aromatic carbocycles. The molecule has 19 heavy (non-hydrogen) atoms. The normalized spacial score (nSPS) is 19.2. The largest absolute Gasteiger partial charge is 0.370 e. The molecular formula is C14H17ClN2O2. The highest BCUT2D eigenvalue weighted by Crippen LogP contribution is 2.22. The third kappa shape index (κ3) is 3.47. The van der Waals surface area contributed by atoms with Gasteiger partial charge in [0, 0.05) is 29.6 Å². The summed E-state index contributed by atoms with van der Waals surface area (Å²) in [6, 6.07) is 6.74. The van der Waals surface area contributed by atoms with Gasteiger partial charge < -0.3 is 10.6 Å². The lowest BCUT2D eigenvalue weighted by molar-refractivity contribution is -0.119. The SMILES string of the molecule is NC(=O)C[C@@H]1CCCCN1C(=O)c1ccc(Cl)cc1. The van der Waals surface area contributed by atoms with E-state index in [2.05, 4.69) is 0 Å². The lowest BCUT2D eigenvalue weighted by atomic mass is 9.98. The predicted molar refractivity (Wildman–Crippen MR) is 73.9 cm³/mol. The van der Waals surface area contributed by atoms with Crippen molar-refractivity contribution in [3.63, 3.8) is 0 Å². The summed E-state index contributed by atoms with van der Waals surface area (Å²) in [6.07, 6.45) is 3.07. The molecule has 0 saturated carbocycles. The van der Waals surface area contributed by atoms with Crippen molar-refractivity contribution in [2.75, 3.05) is 6.54 Å². The molecule has 102 valence electrons. The maximum absolute atomic E-state index is 12.4. The zero-order valence-corrected chi connectivity index (χ0v) is 11.4. The fourth-order valence-corrected chi connectivity index (χ4v) is 2.60. The lowest BCUT2D eigenvalue weighted by Crippen LogP contribution is -2.45. The van der Waals surface area contributed by atoms with E-state index < -0.39 is 0 Å². The van der Waals surface area contributed by atoms with Gasteiger partial charge in [0.25, 0.3) is 5.91 Å². The summed E-state index contributed by atoms with van der Waals surface area (Å²) in [4.78, 5) is 25.3. The molecule has 5 heteroatoms. The van der Waals surface area contributed by atoms with Crippen LogP contribution in [0, 0.1) is 0 Å². The van der Waals surface area contributed by atoms with Gasteiger partial charge in [0.1, 0.15) is 0 Å². The van der Waals surface area contributed by atoms with Crippen molar-refractivity contribution >= 4 is 23.4 Å². The molecule has 0 aromatic heterocycles. The summed E-state index contributed by atoms with van der Waals surface area (Å²) in [5.41, 5.74) is 5.85. The fourth-order valence-electron chi connectivity index (χ4n) is 2.47. The first-order valence-electron chi connectivity index (χ1n) is 6.43. The highest BCUT2D eigenvalue weighted by atomic mass is 35.5. The number of primary amides is 1. The average Bonchev–Trinajstić information content (AvgIpc) is 2.39. The molecular weight excluding hydrogens is 264 g/mol. The standard InChI is InChI=1S/C14H17ClN2O2/c15-11-6-4-10(5-7-11)14(19)17-8-2-1-3-12(17)9-13(16)18/h4-7,12H,1-3,8-9H2,(H2,16,18)/t12-/m0/s1. The van der Waals surface area contributed by atoms with Gasteiger partial charge in [-0.1, -0.05) is 11.6 Å². The first-order chi connectivity index (χ1) is 9.08. The van der Waals surface area contributed by atoms with Gasteiger partial charge in [0.15, 0.2) is 0 Å². The van der Waals surface area contributed by atoms with Crippen LogP contribution in [0.5, 0.6) is 0 Å². The summed E-state index contributed by atoms with van der Waals surface area (Å²) in [5, 5.41) is 0.601. The van der Waals surface area contributed by atoms with Crippen LogP contribution in [0.25, 0.3) is 0 Å². The van der Waals surface area contributed by atoms with E-state index in [1.807, 2.05) is 0 Å². The molecule has 2 rings (SSSR count). The second-order valence-electron chi connectivity index (χ2n) is 4.83. The van der Waals surface area contributed by atoms with Crippen LogP contribution in [0.3, 0.4) is 0 Å². The van der Waals surface area contributed by atoms with Crippen molar-refractivity contribution in [2.45, 2.75) is 31.7 Å². The number of halogens is 1. The van der Waals surface area contributed by atoms with Crippen LogP contribution in [0.15, 0.2) is 24.3 Å². The van der Waals surface area contributed by atoms with Gasteiger partial charge in [-0.2, -0.15) is 0 Å². The Bertz CT molecular complexity index is 473. The highest BCUT2D eigenvalue weighted by molar-refractivity contribution is 6.30. The lowest BCUT2D eigenvalue weighted by Gasteiger charge is -2.35. The number of carbonyl (C=O) groups excluding carboxylic acids is 2. The molecule has 0 bridgehead atoms. The number of carbonyl (C=O) groups is 2. The Labute approximate surface area is 117 Å². The van der Waals surface area contributed by atoms with E-state index in [1.165, 1.54) is 0 Å². The molecule has 2 N–H and O–H groups in total. The van der Waals surface area contributed by atoms with Gasteiger partial charge in [0.05, 0.1) is 0 Å². The van der Waals surface area contributed by atoms with Gasteiger partial charge in [0.2, 0.25) is 5.91 Å². The molecule has 2 amide bonds. The number of nitrogens with two attached hydrogens (primary N) is 1. The number of likely N-dealkylation sites (tertiary alicyclic amines) is 1. The van der Waals surface area contributed by atoms with Crippen molar-refractivity contribution in [1.29, 1.82) is 0 Å². The summed E-state index contributed by atoms with van der Waals surface area (Å²) in [5.74, 6) is -0.413. The Hall–Kier alpha value is -1.55. The van der Waals surface area contributed by atoms with Crippen LogP contribution in [-0.4, -0.2) is 29.3 Å². The third-order valence-corrected chi connectivity index (χ3v) is 3.67. The minimum absolute atomic E-state index is 0.0531. The van der Waals surface area contributed by atoms with E-state index in [9.17, 15) is 9.59 Å². The number of hydrogen-bond acceptors (Lipinski definition) is 2. The Kier molecular flexibility index (Phi) is 4.43. The maximum Gasteiger partial charge on any atom is 0.254 e. The summed E-state index contributed by atoms with van der Waals surface area (Å²) in [6.45, 7) is 0.680. The van der Waals surface area contributed by atoms with Crippen molar-refractivity contribution in [2.24, 2.45) is 5.73 Å². The summed E-state index contributed by atoms with van der Waals surface area (Å²) in [7, 11) is 0. The topological polar surface area (TPSA) is 63.4 Å². The molecule has 0 aliphatic carbocycles. The van der Waals surface area contributed by atoms with E-state index in [4.69, 9.17) is 17.3 Å².